The van der Waals surface area contributed by atoms with Crippen LogP contribution in [0.25, 0.3) is 0 Å². The van der Waals surface area contributed by atoms with Gasteiger partial charge in [0.25, 0.3) is 5.91 Å². The highest BCUT2D eigenvalue weighted by molar-refractivity contribution is 5.93. The summed E-state index contributed by atoms with van der Waals surface area (Å²) in [6.07, 6.45) is -3.07. The van der Waals surface area contributed by atoms with E-state index >= 15 is 0 Å². The minimum Gasteiger partial charge on any atom is -0.439 e. The Morgan fingerprint density at radius 2 is 1.81 bits per heavy atom. The van der Waals surface area contributed by atoms with Crippen LogP contribution in [0.1, 0.15) is 15.9 Å². The molecule has 0 bridgehead atoms. The van der Waals surface area contributed by atoms with Gasteiger partial charge in [0.15, 0.2) is 0 Å². The van der Waals surface area contributed by atoms with Crippen LogP contribution >= 0.6 is 0 Å². The monoisotopic (exact) mass is 296 g/mol. The summed E-state index contributed by atoms with van der Waals surface area (Å²) in [6.45, 7) is 0. The van der Waals surface area contributed by atoms with E-state index in [4.69, 9.17) is 4.74 Å². The smallest absolute Gasteiger partial charge is 0.416 e. The molecular weight excluding hydrogens is 285 g/mol. The van der Waals surface area contributed by atoms with Crippen molar-refractivity contribution >= 4 is 5.91 Å². The molecule has 0 fully saturated rings. The fraction of sp³-hybridized carbons (Fsp3) is 0.143. The van der Waals surface area contributed by atoms with Crippen LogP contribution in [0.3, 0.4) is 0 Å². The number of hydrogen-bond donors (Lipinski definition) is 1. The average Bonchev–Trinajstić information content (AvgIpc) is 2.47. The molecular formula is C14H11F3N2O2. The number of alkyl halides is 3. The van der Waals surface area contributed by atoms with Crippen molar-refractivity contribution in [2.45, 2.75) is 6.18 Å². The second kappa shape index (κ2) is 5.82. The molecule has 1 aromatic carbocycles. The van der Waals surface area contributed by atoms with Gasteiger partial charge in [-0.2, -0.15) is 13.2 Å². The number of rotatable bonds is 3. The lowest BCUT2D eigenvalue weighted by Gasteiger charge is -2.08. The lowest BCUT2D eigenvalue weighted by molar-refractivity contribution is -0.137. The summed E-state index contributed by atoms with van der Waals surface area (Å²) in [4.78, 5) is 15.2. The molecule has 0 radical (unpaired) electrons. The number of halogens is 3. The molecule has 4 nitrogen and oxygen atoms in total. The Bertz CT molecular complexity index is 622. The number of benzene rings is 1. The largest absolute Gasteiger partial charge is 0.439 e. The summed E-state index contributed by atoms with van der Waals surface area (Å²) in [6, 6.07) is 7.23. The molecule has 1 aromatic heterocycles. The van der Waals surface area contributed by atoms with E-state index < -0.39 is 11.7 Å². The molecule has 1 heterocycles. The normalized spacial score (nSPS) is 11.0. The van der Waals surface area contributed by atoms with Gasteiger partial charge >= 0.3 is 6.18 Å². The minimum atomic E-state index is -4.38. The molecule has 0 aliphatic carbocycles. The fourth-order valence-electron chi connectivity index (χ4n) is 1.55. The summed E-state index contributed by atoms with van der Waals surface area (Å²) < 4.78 is 42.5. The standard InChI is InChI=1S/C14H11F3N2O2/c1-18-13(20)9-2-7-12(19-8-9)21-11-5-3-10(4-6-11)14(15,16)17/h2-8H,1H3,(H,18,20). The van der Waals surface area contributed by atoms with Gasteiger partial charge in [-0.1, -0.05) is 0 Å². The van der Waals surface area contributed by atoms with Gasteiger partial charge < -0.3 is 10.1 Å². The highest BCUT2D eigenvalue weighted by atomic mass is 19.4. The first-order valence-electron chi connectivity index (χ1n) is 5.93. The van der Waals surface area contributed by atoms with E-state index in [1.165, 1.54) is 37.5 Å². The molecule has 0 saturated carbocycles. The maximum atomic E-state index is 12.4. The number of ether oxygens (including phenoxy) is 1. The average molecular weight is 296 g/mol. The molecule has 0 aliphatic heterocycles. The first-order valence-corrected chi connectivity index (χ1v) is 5.93. The van der Waals surface area contributed by atoms with Crippen LogP contribution in [0.15, 0.2) is 42.6 Å². The van der Waals surface area contributed by atoms with Crippen molar-refractivity contribution in [1.82, 2.24) is 10.3 Å². The minimum absolute atomic E-state index is 0.183. The number of carbonyl (C=O) groups excluding carboxylic acids is 1. The zero-order valence-electron chi connectivity index (χ0n) is 10.9. The van der Waals surface area contributed by atoms with Crippen molar-refractivity contribution in [2.24, 2.45) is 0 Å². The van der Waals surface area contributed by atoms with Gasteiger partial charge in [0.05, 0.1) is 11.1 Å². The molecule has 0 spiro atoms. The molecule has 0 atom stereocenters. The van der Waals surface area contributed by atoms with Crippen LogP contribution in [-0.2, 0) is 6.18 Å². The van der Waals surface area contributed by atoms with E-state index in [1.54, 1.807) is 0 Å². The summed E-state index contributed by atoms with van der Waals surface area (Å²) in [7, 11) is 1.49. The predicted octanol–water partition coefficient (Wildman–Crippen LogP) is 3.25. The molecule has 1 N–H and O–H groups in total. The Labute approximate surface area is 118 Å². The molecule has 2 aromatic rings. The van der Waals surface area contributed by atoms with Crippen LogP contribution in [0.4, 0.5) is 13.2 Å². The molecule has 2 rings (SSSR count). The van der Waals surface area contributed by atoms with Crippen LogP contribution in [0.2, 0.25) is 0 Å². The van der Waals surface area contributed by atoms with Crippen LogP contribution in [0, 0.1) is 0 Å². The predicted molar refractivity (Wildman–Crippen MR) is 69.1 cm³/mol. The van der Waals surface area contributed by atoms with Crippen molar-refractivity contribution in [3.63, 3.8) is 0 Å². The SMILES string of the molecule is CNC(=O)c1ccc(Oc2ccc(C(F)(F)F)cc2)nc1. The molecule has 0 aliphatic rings. The molecule has 0 unspecified atom stereocenters. The third-order valence-corrected chi connectivity index (χ3v) is 2.63. The molecule has 1 amide bonds. The lowest BCUT2D eigenvalue weighted by atomic mass is 10.2. The Balaban J connectivity index is 2.10. The second-order valence-corrected chi connectivity index (χ2v) is 4.09. The molecule has 7 heteroatoms. The first-order chi connectivity index (χ1) is 9.90. The zero-order chi connectivity index (χ0) is 15.5. The number of nitrogens with zero attached hydrogens (tertiary/aromatic N) is 1. The number of aromatic nitrogens is 1. The van der Waals surface area contributed by atoms with Crippen LogP contribution < -0.4 is 10.1 Å². The van der Waals surface area contributed by atoms with Crippen LogP contribution in [-0.4, -0.2) is 17.9 Å². The van der Waals surface area contributed by atoms with Gasteiger partial charge in [0.1, 0.15) is 5.75 Å². The maximum Gasteiger partial charge on any atom is 0.416 e. The van der Waals surface area contributed by atoms with Gasteiger partial charge in [-0.15, -0.1) is 0 Å². The Kier molecular flexibility index (Phi) is 4.11. The summed E-state index contributed by atoms with van der Waals surface area (Å²) in [5.74, 6) is 0.120. The summed E-state index contributed by atoms with van der Waals surface area (Å²) in [5, 5.41) is 2.44. The van der Waals surface area contributed by atoms with Crippen molar-refractivity contribution in [2.75, 3.05) is 7.05 Å². The van der Waals surface area contributed by atoms with E-state index in [-0.39, 0.29) is 17.5 Å². The lowest BCUT2D eigenvalue weighted by Crippen LogP contribution is -2.17. The van der Waals surface area contributed by atoms with E-state index in [0.717, 1.165) is 12.1 Å². The third-order valence-electron chi connectivity index (χ3n) is 2.63. The van der Waals surface area contributed by atoms with Gasteiger partial charge in [-0.25, -0.2) is 4.98 Å². The molecule has 0 saturated heterocycles. The Morgan fingerprint density at radius 3 is 2.29 bits per heavy atom. The quantitative estimate of drug-likeness (QED) is 0.946. The highest BCUT2D eigenvalue weighted by Crippen LogP contribution is 2.31. The number of carbonyl (C=O) groups is 1. The zero-order valence-corrected chi connectivity index (χ0v) is 10.9. The Morgan fingerprint density at radius 1 is 1.14 bits per heavy atom. The van der Waals surface area contributed by atoms with Crippen LogP contribution in [0.5, 0.6) is 11.6 Å². The van der Waals surface area contributed by atoms with E-state index in [1.807, 2.05) is 0 Å². The molecule has 21 heavy (non-hydrogen) atoms. The van der Waals surface area contributed by atoms with E-state index in [2.05, 4.69) is 10.3 Å². The van der Waals surface area contributed by atoms with Crippen molar-refractivity contribution in [3.8, 4) is 11.6 Å². The van der Waals surface area contributed by atoms with Crippen molar-refractivity contribution in [3.05, 3.63) is 53.7 Å². The maximum absolute atomic E-state index is 12.4. The number of amides is 1. The topological polar surface area (TPSA) is 51.2 Å². The number of pyridine rings is 1. The number of hydrogen-bond acceptors (Lipinski definition) is 3. The summed E-state index contributed by atoms with van der Waals surface area (Å²) in [5.41, 5.74) is -0.393. The second-order valence-electron chi connectivity index (χ2n) is 4.09. The molecule has 110 valence electrons. The number of nitrogens with one attached hydrogen (secondary N) is 1. The van der Waals surface area contributed by atoms with Gasteiger partial charge in [-0.05, 0) is 30.3 Å². The third kappa shape index (κ3) is 3.71. The van der Waals surface area contributed by atoms with Crippen molar-refractivity contribution < 1.29 is 22.7 Å². The Hall–Kier alpha value is -2.57. The van der Waals surface area contributed by atoms with E-state index in [0.29, 0.717) is 5.56 Å². The van der Waals surface area contributed by atoms with Crippen molar-refractivity contribution in [1.29, 1.82) is 0 Å². The van der Waals surface area contributed by atoms with Gasteiger partial charge in [0, 0.05) is 19.3 Å². The van der Waals surface area contributed by atoms with Gasteiger partial charge in [-0.3, -0.25) is 4.79 Å². The highest BCUT2D eigenvalue weighted by Gasteiger charge is 2.30. The summed E-state index contributed by atoms with van der Waals surface area (Å²) >= 11 is 0. The fourth-order valence-corrected chi connectivity index (χ4v) is 1.55. The van der Waals surface area contributed by atoms with Gasteiger partial charge in [0.2, 0.25) is 5.88 Å². The first kappa shape index (κ1) is 14.8. The van der Waals surface area contributed by atoms with E-state index in [9.17, 15) is 18.0 Å².